The Morgan fingerprint density at radius 3 is 2.50 bits per heavy atom. The van der Waals surface area contributed by atoms with Gasteiger partial charge in [-0.05, 0) is 36.8 Å². The quantitative estimate of drug-likeness (QED) is 0.379. The zero-order chi connectivity index (χ0) is 21.3. The summed E-state index contributed by atoms with van der Waals surface area (Å²) in [6, 6.07) is 5.83. The molecule has 0 aliphatic heterocycles. The van der Waals surface area contributed by atoms with E-state index in [0.717, 1.165) is 12.1 Å². The highest BCUT2D eigenvalue weighted by atomic mass is 19.2. The van der Waals surface area contributed by atoms with Crippen LogP contribution >= 0.6 is 0 Å². The number of nitrogens with one attached hydrogen (secondary N) is 2. The van der Waals surface area contributed by atoms with Crippen molar-refractivity contribution in [2.75, 3.05) is 11.9 Å². The van der Waals surface area contributed by atoms with Gasteiger partial charge in [0.25, 0.3) is 6.02 Å². The van der Waals surface area contributed by atoms with Crippen molar-refractivity contribution in [2.45, 2.75) is 20.8 Å². The number of benzene rings is 2. The van der Waals surface area contributed by atoms with E-state index in [1.165, 1.54) is 18.2 Å². The molecule has 0 atom stereocenters. The number of amidine groups is 1. The van der Waals surface area contributed by atoms with Crippen LogP contribution in [-0.2, 0) is 4.74 Å². The van der Waals surface area contributed by atoms with Gasteiger partial charge in [0, 0.05) is 0 Å². The molecule has 0 unspecified atom stereocenters. The number of hydrogen-bond acceptors (Lipinski definition) is 4. The summed E-state index contributed by atoms with van der Waals surface area (Å²) in [6.07, 6.45) is 1.46. The molecule has 0 aliphatic rings. The van der Waals surface area contributed by atoms with Crippen LogP contribution in [0.25, 0.3) is 0 Å². The van der Waals surface area contributed by atoms with Crippen molar-refractivity contribution in [1.82, 2.24) is 0 Å². The number of halogens is 3. The Kier molecular flexibility index (Phi) is 8.74. The third-order valence-corrected chi connectivity index (χ3v) is 3.31. The highest BCUT2D eigenvalue weighted by Crippen LogP contribution is 2.28. The molecule has 28 heavy (non-hydrogen) atoms. The number of nitrogens with zero attached hydrogens (tertiary/aromatic N) is 1. The number of ether oxygens (including phenoxy) is 1. The van der Waals surface area contributed by atoms with Gasteiger partial charge in [-0.25, -0.2) is 18.2 Å². The molecule has 0 fully saturated rings. The lowest BCUT2D eigenvalue weighted by Crippen LogP contribution is -2.22. The minimum absolute atomic E-state index is 0.0811. The first-order chi connectivity index (χ1) is 13.3. The van der Waals surface area contributed by atoms with Gasteiger partial charge in [-0.15, -0.1) is 6.58 Å². The van der Waals surface area contributed by atoms with E-state index in [1.54, 1.807) is 13.0 Å². The third-order valence-electron chi connectivity index (χ3n) is 3.31. The first kappa shape index (κ1) is 22.8. The topological polar surface area (TPSA) is 83.5 Å². The van der Waals surface area contributed by atoms with E-state index in [1.807, 2.05) is 13.8 Å². The van der Waals surface area contributed by atoms with Crippen molar-refractivity contribution in [1.29, 1.82) is 5.41 Å². The predicted molar refractivity (Wildman–Crippen MR) is 107 cm³/mol. The molecule has 2 aromatic carbocycles. The van der Waals surface area contributed by atoms with Gasteiger partial charge >= 0.3 is 0 Å². The van der Waals surface area contributed by atoms with Crippen LogP contribution in [0, 0.1) is 29.8 Å². The lowest BCUT2D eigenvalue weighted by Gasteiger charge is -2.15. The molecule has 0 saturated carbocycles. The average Bonchev–Trinajstić information content (AvgIpc) is 2.67. The molecule has 4 N–H and O–H groups in total. The van der Waals surface area contributed by atoms with E-state index in [0.29, 0.717) is 5.56 Å². The summed E-state index contributed by atoms with van der Waals surface area (Å²) in [5.41, 5.74) is 5.48. The van der Waals surface area contributed by atoms with Gasteiger partial charge in [0.05, 0.1) is 23.5 Å². The molecule has 150 valence electrons. The summed E-state index contributed by atoms with van der Waals surface area (Å²) in [4.78, 5) is 3.75. The van der Waals surface area contributed by atoms with E-state index in [4.69, 9.17) is 15.9 Å². The maximum atomic E-state index is 14.3. The standard InChI is InChI=1S/C18H17F3N4O.C2H6/c1-3-8-24-18(23)26-17(22)11-5-6-12(19)15(21)16(11)25-14-7-4-10(2)9-13(14)20;1-2/h3-7,9,22,25H,1,8H2,2H3,(H2,23,24);1-2H3. The van der Waals surface area contributed by atoms with Crippen LogP contribution in [0.5, 0.6) is 0 Å². The molecule has 0 saturated heterocycles. The molecule has 0 amide bonds. The largest absolute Gasteiger partial charge is 0.407 e. The summed E-state index contributed by atoms with van der Waals surface area (Å²) < 4.78 is 47.0. The first-order valence-corrected chi connectivity index (χ1v) is 8.52. The van der Waals surface area contributed by atoms with Crippen molar-refractivity contribution < 1.29 is 17.9 Å². The molecule has 5 nitrogen and oxygen atoms in total. The smallest absolute Gasteiger partial charge is 0.289 e. The highest BCUT2D eigenvalue weighted by molar-refractivity contribution is 6.03. The van der Waals surface area contributed by atoms with Crippen molar-refractivity contribution in [3.05, 3.63) is 71.6 Å². The zero-order valence-electron chi connectivity index (χ0n) is 15.9. The molecule has 0 bridgehead atoms. The second-order valence-electron chi connectivity index (χ2n) is 5.29. The Labute approximate surface area is 162 Å². The summed E-state index contributed by atoms with van der Waals surface area (Å²) in [6.45, 7) is 9.31. The van der Waals surface area contributed by atoms with E-state index < -0.39 is 29.0 Å². The molecule has 0 radical (unpaired) electrons. The average molecular weight is 392 g/mol. The van der Waals surface area contributed by atoms with Gasteiger partial charge in [0.2, 0.25) is 5.90 Å². The lowest BCUT2D eigenvalue weighted by molar-refractivity contribution is 0.507. The molecular weight excluding hydrogens is 369 g/mol. The van der Waals surface area contributed by atoms with Gasteiger partial charge < -0.3 is 15.8 Å². The van der Waals surface area contributed by atoms with Crippen LogP contribution in [0.1, 0.15) is 25.0 Å². The number of aryl methyl sites for hydroxylation is 1. The fourth-order valence-electron chi connectivity index (χ4n) is 2.06. The number of anilines is 2. The maximum absolute atomic E-state index is 14.3. The van der Waals surface area contributed by atoms with Gasteiger partial charge in [-0.3, -0.25) is 5.41 Å². The Bertz CT molecular complexity index is 882. The summed E-state index contributed by atoms with van der Waals surface area (Å²) in [5.74, 6) is -3.68. The molecule has 0 spiro atoms. The van der Waals surface area contributed by atoms with Crippen LogP contribution in [0.4, 0.5) is 24.5 Å². The maximum Gasteiger partial charge on any atom is 0.289 e. The number of nitrogens with two attached hydrogens (primary N) is 1. The van der Waals surface area contributed by atoms with E-state index in [-0.39, 0.29) is 23.8 Å². The molecule has 2 aromatic rings. The lowest BCUT2D eigenvalue weighted by atomic mass is 10.1. The summed E-state index contributed by atoms with van der Waals surface area (Å²) >= 11 is 0. The molecule has 0 aliphatic carbocycles. The van der Waals surface area contributed by atoms with Crippen LogP contribution in [-0.4, -0.2) is 18.5 Å². The Morgan fingerprint density at radius 2 is 1.89 bits per heavy atom. The second kappa shape index (κ2) is 10.8. The fourth-order valence-corrected chi connectivity index (χ4v) is 2.06. The zero-order valence-corrected chi connectivity index (χ0v) is 15.9. The van der Waals surface area contributed by atoms with E-state index >= 15 is 0 Å². The normalized spacial score (nSPS) is 10.6. The summed E-state index contributed by atoms with van der Waals surface area (Å²) in [7, 11) is 0. The predicted octanol–water partition coefficient (Wildman–Crippen LogP) is 5.02. The third kappa shape index (κ3) is 5.87. The van der Waals surface area contributed by atoms with E-state index in [9.17, 15) is 13.2 Å². The molecule has 0 aromatic heterocycles. The van der Waals surface area contributed by atoms with Crippen molar-refractivity contribution in [3.8, 4) is 0 Å². The second-order valence-corrected chi connectivity index (χ2v) is 5.29. The fraction of sp³-hybridized carbons (Fsp3) is 0.200. The van der Waals surface area contributed by atoms with Gasteiger partial charge in [0.1, 0.15) is 5.82 Å². The minimum atomic E-state index is -1.28. The van der Waals surface area contributed by atoms with Gasteiger partial charge in [-0.1, -0.05) is 26.0 Å². The molecular formula is C20H23F3N4O. The van der Waals surface area contributed by atoms with Crippen molar-refractivity contribution >= 4 is 23.3 Å². The molecule has 0 heterocycles. The summed E-state index contributed by atoms with van der Waals surface area (Å²) in [5, 5.41) is 10.4. The van der Waals surface area contributed by atoms with Crippen molar-refractivity contribution in [2.24, 2.45) is 10.7 Å². The molecule has 2 rings (SSSR count). The monoisotopic (exact) mass is 392 g/mol. The SMILES string of the molecule is C=CCN=C(N)OC(=N)c1ccc(F)c(F)c1Nc1ccc(C)cc1F.CC. The first-order valence-electron chi connectivity index (χ1n) is 8.52. The van der Waals surface area contributed by atoms with Crippen LogP contribution < -0.4 is 11.1 Å². The highest BCUT2D eigenvalue weighted by Gasteiger charge is 2.20. The minimum Gasteiger partial charge on any atom is -0.407 e. The van der Waals surface area contributed by atoms with E-state index in [2.05, 4.69) is 16.9 Å². The van der Waals surface area contributed by atoms with Crippen LogP contribution in [0.2, 0.25) is 0 Å². The van der Waals surface area contributed by atoms with Gasteiger partial charge in [-0.2, -0.15) is 0 Å². The van der Waals surface area contributed by atoms with Crippen LogP contribution in [0.3, 0.4) is 0 Å². The number of rotatable bonds is 5. The molecule has 8 heteroatoms. The van der Waals surface area contributed by atoms with Crippen molar-refractivity contribution in [3.63, 3.8) is 0 Å². The van der Waals surface area contributed by atoms with Gasteiger partial charge in [0.15, 0.2) is 11.6 Å². The number of hydrogen-bond donors (Lipinski definition) is 3. The number of aliphatic imine (C=N–C) groups is 1. The van der Waals surface area contributed by atoms with Crippen LogP contribution in [0.15, 0.2) is 48.0 Å². The Hall–Kier alpha value is -3.29. The Balaban J connectivity index is 0.00000190. The Morgan fingerprint density at radius 1 is 1.21 bits per heavy atom.